The highest BCUT2D eigenvalue weighted by Gasteiger charge is 2.16. The van der Waals surface area contributed by atoms with E-state index in [9.17, 15) is 4.79 Å². The zero-order chi connectivity index (χ0) is 29.5. The molecule has 4 rings (SSSR count). The van der Waals surface area contributed by atoms with Gasteiger partial charge in [-0.25, -0.2) is 9.18 Å². The van der Waals surface area contributed by atoms with E-state index in [1.165, 1.54) is 4.57 Å². The Kier molecular flexibility index (Phi) is 9.96. The second-order valence-electron chi connectivity index (χ2n) is 10.5. The highest BCUT2D eigenvalue weighted by Crippen LogP contribution is 2.31. The summed E-state index contributed by atoms with van der Waals surface area (Å²) in [4.78, 5) is 24.2. The average Bonchev–Trinajstić information content (AvgIpc) is 3.34. The van der Waals surface area contributed by atoms with Crippen molar-refractivity contribution in [1.29, 1.82) is 0 Å². The van der Waals surface area contributed by atoms with Gasteiger partial charge < -0.3 is 21.8 Å². The van der Waals surface area contributed by atoms with Crippen LogP contribution in [0.15, 0.2) is 71.1 Å². The summed E-state index contributed by atoms with van der Waals surface area (Å²) in [5.74, 6) is 0.179. The molecular formula is C31H37ClFN7O. The lowest BCUT2D eigenvalue weighted by Gasteiger charge is -2.15. The van der Waals surface area contributed by atoms with Crippen molar-refractivity contribution in [3.05, 3.63) is 93.8 Å². The molecule has 0 spiro atoms. The number of fused-ring (bicyclic) bond motifs is 1. The van der Waals surface area contributed by atoms with Crippen molar-refractivity contribution in [1.82, 2.24) is 19.9 Å². The second kappa shape index (κ2) is 13.6. The molecule has 1 atom stereocenters. The first-order chi connectivity index (χ1) is 19.7. The number of hydrogen-bond donors (Lipinski definition) is 4. The number of nitrogens with zero attached hydrogens (tertiary/aromatic N) is 3. The number of aliphatic imine (C=N–C) groups is 1. The Bertz CT molecular complexity index is 1590. The fourth-order valence-electron chi connectivity index (χ4n) is 4.75. The van der Waals surface area contributed by atoms with Crippen LogP contribution in [0.25, 0.3) is 28.0 Å². The molecule has 0 saturated heterocycles. The van der Waals surface area contributed by atoms with Crippen LogP contribution >= 0.6 is 11.6 Å². The van der Waals surface area contributed by atoms with Gasteiger partial charge in [-0.3, -0.25) is 9.56 Å². The lowest BCUT2D eigenvalue weighted by Crippen LogP contribution is -2.24. The Hall–Kier alpha value is -3.95. The Morgan fingerprint density at radius 2 is 1.98 bits per heavy atom. The summed E-state index contributed by atoms with van der Waals surface area (Å²) in [6, 6.07) is 12.8. The SMILES string of the molecule is C=C[C@@H](NCCCN=C(N)N)c1ccc(-n2cc3cc(-c4cc(CCCC(C)C)cc(Cl)c4F)[nH]c3nc2=O)cc1. The quantitative estimate of drug-likeness (QED) is 0.0708. The zero-order valence-electron chi connectivity index (χ0n) is 23.5. The van der Waals surface area contributed by atoms with Gasteiger partial charge in [0, 0.05) is 23.7 Å². The topological polar surface area (TPSA) is 127 Å². The first-order valence-electron chi connectivity index (χ1n) is 13.8. The van der Waals surface area contributed by atoms with E-state index in [0.29, 0.717) is 47.0 Å². The summed E-state index contributed by atoms with van der Waals surface area (Å²) in [5, 5.41) is 4.16. The van der Waals surface area contributed by atoms with Gasteiger partial charge in [-0.15, -0.1) is 6.58 Å². The van der Waals surface area contributed by atoms with Gasteiger partial charge >= 0.3 is 5.69 Å². The molecular weight excluding hydrogens is 541 g/mol. The molecule has 0 aliphatic heterocycles. The van der Waals surface area contributed by atoms with Crippen LogP contribution in [-0.2, 0) is 6.42 Å². The number of nitrogens with one attached hydrogen (secondary N) is 2. The molecule has 10 heteroatoms. The van der Waals surface area contributed by atoms with Crippen LogP contribution in [0.5, 0.6) is 0 Å². The molecule has 6 N–H and O–H groups in total. The van der Waals surface area contributed by atoms with Crippen molar-refractivity contribution < 1.29 is 4.39 Å². The standard InChI is InChI=1S/C31H37ClFN7O/c1-4-26(36-13-6-14-37-30(34)35)21-9-11-23(12-10-21)40-18-22-17-27(38-29(22)39-31(40)41)24-15-20(8-5-7-19(2)3)16-25(32)28(24)33/h4,9-12,15-19,26,36H,1,5-8,13-14H2,2-3H3,(H4,34,35,37)(H,38,39,41)/t26-/m1/s1. The Balaban J connectivity index is 1.55. The van der Waals surface area contributed by atoms with Crippen LogP contribution in [0.1, 0.15) is 50.3 Å². The van der Waals surface area contributed by atoms with Gasteiger partial charge in [0.1, 0.15) is 5.65 Å². The first kappa shape index (κ1) is 30.0. The normalized spacial score (nSPS) is 12.1. The van der Waals surface area contributed by atoms with E-state index in [-0.39, 0.29) is 17.0 Å². The molecule has 0 aliphatic rings. The average molecular weight is 578 g/mol. The van der Waals surface area contributed by atoms with Gasteiger partial charge in [-0.1, -0.05) is 50.1 Å². The van der Waals surface area contributed by atoms with E-state index in [2.05, 4.69) is 40.7 Å². The number of aryl methyl sites for hydroxylation is 1. The summed E-state index contributed by atoms with van der Waals surface area (Å²) >= 11 is 6.25. The number of benzene rings is 2. The maximum Gasteiger partial charge on any atom is 0.354 e. The largest absolute Gasteiger partial charge is 0.370 e. The summed E-state index contributed by atoms with van der Waals surface area (Å²) in [6.07, 6.45) is 7.19. The van der Waals surface area contributed by atoms with Gasteiger partial charge in [0.05, 0.1) is 22.4 Å². The maximum absolute atomic E-state index is 15.1. The monoisotopic (exact) mass is 577 g/mol. The molecule has 0 saturated carbocycles. The van der Waals surface area contributed by atoms with Crippen LogP contribution in [0.2, 0.25) is 5.02 Å². The third-order valence-corrected chi connectivity index (χ3v) is 7.17. The highest BCUT2D eigenvalue weighted by molar-refractivity contribution is 6.31. The van der Waals surface area contributed by atoms with Crippen LogP contribution in [-0.4, -0.2) is 33.6 Å². The molecule has 0 radical (unpaired) electrons. The molecule has 2 aromatic carbocycles. The lowest BCUT2D eigenvalue weighted by molar-refractivity contribution is 0.555. The number of aromatic nitrogens is 3. The van der Waals surface area contributed by atoms with Gasteiger partial charge in [-0.05, 0) is 73.2 Å². The molecule has 41 heavy (non-hydrogen) atoms. The fourth-order valence-corrected chi connectivity index (χ4v) is 4.99. The third kappa shape index (κ3) is 7.62. The van der Waals surface area contributed by atoms with Gasteiger partial charge in [0.15, 0.2) is 11.8 Å². The van der Waals surface area contributed by atoms with Crippen molar-refractivity contribution in [2.75, 3.05) is 13.1 Å². The molecule has 216 valence electrons. The van der Waals surface area contributed by atoms with E-state index in [0.717, 1.165) is 36.8 Å². The molecule has 2 heterocycles. The van der Waals surface area contributed by atoms with Crippen LogP contribution in [0.4, 0.5) is 4.39 Å². The number of rotatable bonds is 13. The molecule has 8 nitrogen and oxygen atoms in total. The number of hydrogen-bond acceptors (Lipinski definition) is 4. The fraction of sp³-hybridized carbons (Fsp3) is 0.323. The second-order valence-corrected chi connectivity index (χ2v) is 10.9. The number of H-pyrrole nitrogens is 1. The predicted molar refractivity (Wildman–Crippen MR) is 166 cm³/mol. The van der Waals surface area contributed by atoms with Crippen molar-refractivity contribution in [3.8, 4) is 16.9 Å². The summed E-state index contributed by atoms with van der Waals surface area (Å²) in [5.41, 5.74) is 14.2. The molecule has 0 bridgehead atoms. The van der Waals surface area contributed by atoms with Crippen molar-refractivity contribution in [2.24, 2.45) is 22.4 Å². The van der Waals surface area contributed by atoms with Gasteiger partial charge in [0.25, 0.3) is 0 Å². The van der Waals surface area contributed by atoms with E-state index in [4.69, 9.17) is 23.1 Å². The Labute approximate surface area is 244 Å². The van der Waals surface area contributed by atoms with E-state index in [1.54, 1.807) is 18.3 Å². The van der Waals surface area contributed by atoms with Crippen LogP contribution in [0, 0.1) is 11.7 Å². The molecule has 0 amide bonds. The van der Waals surface area contributed by atoms with E-state index >= 15 is 4.39 Å². The minimum absolute atomic E-state index is 0.0735. The minimum Gasteiger partial charge on any atom is -0.370 e. The van der Waals surface area contributed by atoms with Crippen LogP contribution < -0.4 is 22.5 Å². The van der Waals surface area contributed by atoms with Crippen molar-refractivity contribution in [2.45, 2.75) is 45.6 Å². The van der Waals surface area contributed by atoms with Crippen LogP contribution in [0.3, 0.4) is 0 Å². The zero-order valence-corrected chi connectivity index (χ0v) is 24.2. The third-order valence-electron chi connectivity index (χ3n) is 6.89. The number of aromatic amines is 1. The lowest BCUT2D eigenvalue weighted by atomic mass is 10.00. The molecule has 2 aromatic heterocycles. The summed E-state index contributed by atoms with van der Waals surface area (Å²) in [6.45, 7) is 9.54. The predicted octanol–water partition coefficient (Wildman–Crippen LogP) is 5.63. The Morgan fingerprint density at radius 3 is 2.66 bits per heavy atom. The summed E-state index contributed by atoms with van der Waals surface area (Å²) < 4.78 is 16.6. The molecule has 4 aromatic rings. The summed E-state index contributed by atoms with van der Waals surface area (Å²) in [7, 11) is 0. The molecule has 0 aliphatic carbocycles. The highest BCUT2D eigenvalue weighted by atomic mass is 35.5. The van der Waals surface area contributed by atoms with Crippen molar-refractivity contribution >= 4 is 28.6 Å². The first-order valence-corrected chi connectivity index (χ1v) is 14.2. The van der Waals surface area contributed by atoms with Gasteiger partial charge in [-0.2, -0.15) is 4.98 Å². The molecule has 0 unspecified atom stereocenters. The van der Waals surface area contributed by atoms with E-state index < -0.39 is 11.5 Å². The molecule has 0 fully saturated rings. The number of guanidine groups is 1. The van der Waals surface area contributed by atoms with Gasteiger partial charge in [0.2, 0.25) is 0 Å². The van der Waals surface area contributed by atoms with Crippen molar-refractivity contribution in [3.63, 3.8) is 0 Å². The minimum atomic E-state index is -0.502. The number of nitrogens with two attached hydrogens (primary N) is 2. The Morgan fingerprint density at radius 1 is 1.22 bits per heavy atom. The maximum atomic E-state index is 15.1. The smallest absolute Gasteiger partial charge is 0.354 e. The van der Waals surface area contributed by atoms with E-state index in [1.807, 2.05) is 36.4 Å². The number of halogens is 2.